The van der Waals surface area contributed by atoms with E-state index in [4.69, 9.17) is 0 Å². The standard InChI is InChI=1S/C16H22BrN3O2/c1-12-4-5-15(17)14(10-12)11-18-16(22)20-7-3-6-19(8-9-20)13(2)21/h4-5,10H,3,6-9,11H2,1-2H3,(H,18,22). The van der Waals surface area contributed by atoms with Crippen LogP contribution in [0.4, 0.5) is 4.79 Å². The van der Waals surface area contributed by atoms with Crippen LogP contribution < -0.4 is 5.32 Å². The van der Waals surface area contributed by atoms with Crippen LogP contribution in [0.25, 0.3) is 0 Å². The second kappa shape index (κ2) is 7.63. The lowest BCUT2D eigenvalue weighted by Crippen LogP contribution is -2.42. The molecule has 22 heavy (non-hydrogen) atoms. The van der Waals surface area contributed by atoms with Crippen LogP contribution in [0.15, 0.2) is 22.7 Å². The Morgan fingerprint density at radius 3 is 2.59 bits per heavy atom. The molecule has 3 amide bonds. The number of nitrogens with one attached hydrogen (secondary N) is 1. The minimum Gasteiger partial charge on any atom is -0.341 e. The fourth-order valence-electron chi connectivity index (χ4n) is 2.56. The van der Waals surface area contributed by atoms with Gasteiger partial charge in [0.25, 0.3) is 0 Å². The highest BCUT2D eigenvalue weighted by Crippen LogP contribution is 2.18. The number of carbonyl (C=O) groups excluding carboxylic acids is 2. The summed E-state index contributed by atoms with van der Waals surface area (Å²) in [5, 5.41) is 2.96. The fourth-order valence-corrected chi connectivity index (χ4v) is 2.94. The van der Waals surface area contributed by atoms with Crippen LogP contribution in [0.3, 0.4) is 0 Å². The average Bonchev–Trinajstić information content (AvgIpc) is 2.74. The highest BCUT2D eigenvalue weighted by Gasteiger charge is 2.20. The van der Waals surface area contributed by atoms with Crippen molar-refractivity contribution < 1.29 is 9.59 Å². The van der Waals surface area contributed by atoms with Crippen LogP contribution >= 0.6 is 15.9 Å². The average molecular weight is 368 g/mol. The lowest BCUT2D eigenvalue weighted by molar-refractivity contribution is -0.128. The summed E-state index contributed by atoms with van der Waals surface area (Å²) in [5.74, 6) is 0.0750. The van der Waals surface area contributed by atoms with Crippen molar-refractivity contribution in [3.8, 4) is 0 Å². The molecule has 0 unspecified atom stereocenters. The molecule has 1 heterocycles. The van der Waals surface area contributed by atoms with E-state index in [1.807, 2.05) is 19.1 Å². The second-order valence-corrected chi connectivity index (χ2v) is 6.45. The van der Waals surface area contributed by atoms with Crippen molar-refractivity contribution in [1.29, 1.82) is 0 Å². The minimum atomic E-state index is -0.0705. The Bertz CT molecular complexity index is 562. The van der Waals surface area contributed by atoms with Gasteiger partial charge in [-0.1, -0.05) is 33.6 Å². The number of hydrogen-bond donors (Lipinski definition) is 1. The molecule has 0 atom stereocenters. The molecule has 2 rings (SSSR count). The molecule has 5 nitrogen and oxygen atoms in total. The van der Waals surface area contributed by atoms with Crippen molar-refractivity contribution in [2.45, 2.75) is 26.8 Å². The topological polar surface area (TPSA) is 52.7 Å². The molecule has 0 radical (unpaired) electrons. The molecule has 1 aromatic carbocycles. The summed E-state index contributed by atoms with van der Waals surface area (Å²) >= 11 is 3.50. The molecule has 0 aromatic heterocycles. The number of nitrogens with zero attached hydrogens (tertiary/aromatic N) is 2. The first kappa shape index (κ1) is 16.8. The molecule has 1 fully saturated rings. The normalized spacial score (nSPS) is 15.4. The molecule has 0 spiro atoms. The minimum absolute atomic E-state index is 0.0705. The molecular weight excluding hydrogens is 346 g/mol. The Kier molecular flexibility index (Phi) is 5.83. The number of carbonyl (C=O) groups is 2. The second-order valence-electron chi connectivity index (χ2n) is 5.60. The summed E-state index contributed by atoms with van der Waals surface area (Å²) in [6.07, 6.45) is 0.821. The van der Waals surface area contributed by atoms with E-state index in [2.05, 4.69) is 27.3 Å². The molecule has 1 aromatic rings. The molecular formula is C16H22BrN3O2. The molecule has 0 aliphatic carbocycles. The summed E-state index contributed by atoms with van der Waals surface area (Å²) in [7, 11) is 0. The quantitative estimate of drug-likeness (QED) is 0.872. The van der Waals surface area contributed by atoms with Crippen molar-refractivity contribution in [1.82, 2.24) is 15.1 Å². The predicted molar refractivity (Wildman–Crippen MR) is 89.6 cm³/mol. The Morgan fingerprint density at radius 1 is 1.18 bits per heavy atom. The number of benzene rings is 1. The van der Waals surface area contributed by atoms with Gasteiger partial charge in [-0.05, 0) is 25.0 Å². The molecule has 0 bridgehead atoms. The maximum atomic E-state index is 12.3. The van der Waals surface area contributed by atoms with Gasteiger partial charge in [-0.2, -0.15) is 0 Å². The number of aryl methyl sites for hydroxylation is 1. The zero-order chi connectivity index (χ0) is 16.1. The van der Waals surface area contributed by atoms with Crippen molar-refractivity contribution in [2.24, 2.45) is 0 Å². The monoisotopic (exact) mass is 367 g/mol. The third-order valence-electron chi connectivity index (χ3n) is 3.86. The van der Waals surface area contributed by atoms with E-state index in [9.17, 15) is 9.59 Å². The first-order valence-electron chi connectivity index (χ1n) is 7.50. The van der Waals surface area contributed by atoms with Crippen LogP contribution in [-0.2, 0) is 11.3 Å². The number of halogens is 1. The highest BCUT2D eigenvalue weighted by molar-refractivity contribution is 9.10. The Labute approximate surface area is 139 Å². The Morgan fingerprint density at radius 2 is 1.86 bits per heavy atom. The van der Waals surface area contributed by atoms with E-state index < -0.39 is 0 Å². The van der Waals surface area contributed by atoms with Crippen LogP contribution in [0.1, 0.15) is 24.5 Å². The Balaban J connectivity index is 1.89. The van der Waals surface area contributed by atoms with Gasteiger partial charge in [0, 0.05) is 44.1 Å². The first-order valence-corrected chi connectivity index (χ1v) is 8.30. The molecule has 1 aliphatic rings. The maximum absolute atomic E-state index is 12.3. The fraction of sp³-hybridized carbons (Fsp3) is 0.500. The van der Waals surface area contributed by atoms with Gasteiger partial charge >= 0.3 is 6.03 Å². The zero-order valence-electron chi connectivity index (χ0n) is 13.1. The third-order valence-corrected chi connectivity index (χ3v) is 4.63. The predicted octanol–water partition coefficient (Wildman–Crippen LogP) is 2.52. The van der Waals surface area contributed by atoms with Crippen molar-refractivity contribution >= 4 is 27.9 Å². The van der Waals surface area contributed by atoms with Gasteiger partial charge in [0.1, 0.15) is 0 Å². The molecule has 1 saturated heterocycles. The van der Waals surface area contributed by atoms with E-state index in [1.54, 1.807) is 16.7 Å². The third kappa shape index (κ3) is 4.47. The Hall–Kier alpha value is -1.56. The lowest BCUT2D eigenvalue weighted by Gasteiger charge is -2.22. The van der Waals surface area contributed by atoms with Crippen LogP contribution in [0.2, 0.25) is 0 Å². The first-order chi connectivity index (χ1) is 10.5. The van der Waals surface area contributed by atoms with Gasteiger partial charge in [0.2, 0.25) is 5.91 Å². The van der Waals surface area contributed by atoms with Gasteiger partial charge in [0.05, 0.1) is 0 Å². The van der Waals surface area contributed by atoms with Gasteiger partial charge in [-0.25, -0.2) is 4.79 Å². The van der Waals surface area contributed by atoms with Gasteiger partial charge in [-0.15, -0.1) is 0 Å². The molecule has 1 N–H and O–H groups in total. The van der Waals surface area contributed by atoms with Gasteiger partial charge < -0.3 is 15.1 Å². The SMILES string of the molecule is CC(=O)N1CCCN(C(=O)NCc2cc(C)ccc2Br)CC1. The smallest absolute Gasteiger partial charge is 0.317 e. The molecule has 120 valence electrons. The molecule has 0 saturated carbocycles. The number of rotatable bonds is 2. The van der Waals surface area contributed by atoms with E-state index in [0.717, 1.165) is 23.0 Å². The van der Waals surface area contributed by atoms with E-state index >= 15 is 0 Å². The highest BCUT2D eigenvalue weighted by atomic mass is 79.9. The summed E-state index contributed by atoms with van der Waals surface area (Å²) in [5.41, 5.74) is 2.23. The molecule has 6 heteroatoms. The number of hydrogen-bond acceptors (Lipinski definition) is 2. The summed E-state index contributed by atoms with van der Waals surface area (Å²) < 4.78 is 0.997. The maximum Gasteiger partial charge on any atom is 0.317 e. The summed E-state index contributed by atoms with van der Waals surface area (Å²) in [6, 6.07) is 6.01. The van der Waals surface area contributed by atoms with Crippen LogP contribution in [0, 0.1) is 6.92 Å². The van der Waals surface area contributed by atoms with Crippen molar-refractivity contribution in [3.63, 3.8) is 0 Å². The van der Waals surface area contributed by atoms with Crippen LogP contribution in [-0.4, -0.2) is 47.9 Å². The van der Waals surface area contributed by atoms with Crippen LogP contribution in [0.5, 0.6) is 0 Å². The zero-order valence-corrected chi connectivity index (χ0v) is 14.6. The molecule has 1 aliphatic heterocycles. The van der Waals surface area contributed by atoms with E-state index in [1.165, 1.54) is 5.56 Å². The van der Waals surface area contributed by atoms with Crippen molar-refractivity contribution in [3.05, 3.63) is 33.8 Å². The number of amides is 3. The van der Waals surface area contributed by atoms with Crippen molar-refractivity contribution in [2.75, 3.05) is 26.2 Å². The van der Waals surface area contributed by atoms with E-state index in [-0.39, 0.29) is 11.9 Å². The summed E-state index contributed by atoms with van der Waals surface area (Å²) in [6.45, 7) is 6.70. The van der Waals surface area contributed by atoms with E-state index in [0.29, 0.717) is 26.2 Å². The number of urea groups is 1. The van der Waals surface area contributed by atoms with Gasteiger partial charge in [-0.3, -0.25) is 4.79 Å². The lowest BCUT2D eigenvalue weighted by atomic mass is 10.1. The van der Waals surface area contributed by atoms with Gasteiger partial charge in [0.15, 0.2) is 0 Å². The largest absolute Gasteiger partial charge is 0.341 e. The summed E-state index contributed by atoms with van der Waals surface area (Å²) in [4.78, 5) is 27.3.